The molecular weight excluding hydrogens is 416 g/mol. The number of nitrogens with zero attached hydrogens (tertiary/aromatic N) is 5. The Morgan fingerprint density at radius 3 is 2.39 bits per heavy atom. The number of hydrogen-bond donors (Lipinski definition) is 1. The molecule has 31 heavy (non-hydrogen) atoms. The highest BCUT2D eigenvalue weighted by molar-refractivity contribution is 7.92. The van der Waals surface area contributed by atoms with E-state index < -0.39 is 10.0 Å². The molecule has 1 saturated heterocycles. The SMILES string of the molecule is O=C(Nc1ccc(-n2cnnn2)cc1)C1CCN(S(=O)(=O)/C=C/c2ccccc2)CC1. The van der Waals surface area contributed by atoms with Gasteiger partial charge in [-0.25, -0.2) is 13.1 Å². The number of nitrogens with one attached hydrogen (secondary N) is 1. The molecule has 1 amide bonds. The molecule has 1 fully saturated rings. The second-order valence-corrected chi connectivity index (χ2v) is 9.04. The van der Waals surface area contributed by atoms with E-state index in [1.165, 1.54) is 20.7 Å². The quantitative estimate of drug-likeness (QED) is 0.632. The first kappa shape index (κ1) is 20.9. The van der Waals surface area contributed by atoms with Crippen molar-refractivity contribution in [1.82, 2.24) is 24.5 Å². The second-order valence-electron chi connectivity index (χ2n) is 7.22. The van der Waals surface area contributed by atoms with Gasteiger partial charge in [0, 0.05) is 30.1 Å². The van der Waals surface area contributed by atoms with Gasteiger partial charge in [-0.05, 0) is 59.2 Å². The lowest BCUT2D eigenvalue weighted by Crippen LogP contribution is -2.40. The van der Waals surface area contributed by atoms with Crippen molar-refractivity contribution in [2.75, 3.05) is 18.4 Å². The third-order valence-corrected chi connectivity index (χ3v) is 6.73. The molecule has 2 heterocycles. The van der Waals surface area contributed by atoms with Crippen molar-refractivity contribution >= 4 is 27.7 Å². The Morgan fingerprint density at radius 2 is 1.74 bits per heavy atom. The minimum Gasteiger partial charge on any atom is -0.326 e. The van der Waals surface area contributed by atoms with E-state index in [2.05, 4.69) is 20.8 Å². The van der Waals surface area contributed by atoms with Crippen LogP contribution in [0.1, 0.15) is 18.4 Å². The molecule has 0 unspecified atom stereocenters. The number of rotatable bonds is 6. The van der Waals surface area contributed by atoms with Crippen LogP contribution in [0.2, 0.25) is 0 Å². The molecule has 4 rings (SSSR count). The van der Waals surface area contributed by atoms with Gasteiger partial charge in [0.1, 0.15) is 6.33 Å². The van der Waals surface area contributed by atoms with Crippen molar-refractivity contribution in [2.45, 2.75) is 12.8 Å². The lowest BCUT2D eigenvalue weighted by Gasteiger charge is -2.29. The summed E-state index contributed by atoms with van der Waals surface area (Å²) in [5.74, 6) is -0.337. The highest BCUT2D eigenvalue weighted by Crippen LogP contribution is 2.23. The summed E-state index contributed by atoms with van der Waals surface area (Å²) in [4.78, 5) is 12.6. The van der Waals surface area contributed by atoms with Crippen molar-refractivity contribution in [3.05, 3.63) is 71.9 Å². The second kappa shape index (κ2) is 9.19. The molecule has 1 aliphatic heterocycles. The number of carbonyl (C=O) groups excluding carboxylic acids is 1. The Bertz CT molecular complexity index is 1140. The van der Waals surface area contributed by atoms with E-state index in [0.29, 0.717) is 31.6 Å². The maximum atomic E-state index is 12.6. The first-order valence-electron chi connectivity index (χ1n) is 9.89. The smallest absolute Gasteiger partial charge is 0.236 e. The molecule has 0 aliphatic carbocycles. The van der Waals surface area contributed by atoms with Gasteiger partial charge in [0.2, 0.25) is 15.9 Å². The van der Waals surface area contributed by atoms with Gasteiger partial charge in [0.05, 0.1) is 5.69 Å². The zero-order valence-corrected chi connectivity index (χ0v) is 17.5. The number of aromatic nitrogens is 4. The summed E-state index contributed by atoms with van der Waals surface area (Å²) in [5, 5.41) is 15.1. The number of benzene rings is 2. The number of sulfonamides is 1. The van der Waals surface area contributed by atoms with Crippen LogP contribution in [0, 0.1) is 5.92 Å². The number of amides is 1. The maximum Gasteiger partial charge on any atom is 0.236 e. The summed E-state index contributed by atoms with van der Waals surface area (Å²) in [6, 6.07) is 16.5. The molecule has 10 heteroatoms. The molecule has 0 saturated carbocycles. The third kappa shape index (κ3) is 5.22. The van der Waals surface area contributed by atoms with E-state index in [1.54, 1.807) is 30.3 Å². The minimum atomic E-state index is -3.51. The highest BCUT2D eigenvalue weighted by atomic mass is 32.2. The molecule has 1 aliphatic rings. The molecule has 2 aromatic carbocycles. The first-order valence-corrected chi connectivity index (χ1v) is 11.4. The zero-order valence-electron chi connectivity index (χ0n) is 16.7. The Labute approximate surface area is 180 Å². The van der Waals surface area contributed by atoms with E-state index >= 15 is 0 Å². The van der Waals surface area contributed by atoms with Crippen molar-refractivity contribution in [2.24, 2.45) is 5.92 Å². The van der Waals surface area contributed by atoms with Gasteiger partial charge in [-0.15, -0.1) is 5.10 Å². The fraction of sp³-hybridized carbons (Fsp3) is 0.238. The standard InChI is InChI=1S/C21H22N6O3S/c28-21(23-19-6-8-20(9-7-19)27-16-22-24-25-27)18-10-13-26(14-11-18)31(29,30)15-12-17-4-2-1-3-5-17/h1-9,12,15-16,18H,10-11,13-14H2,(H,23,28)/b15-12+. The van der Waals surface area contributed by atoms with E-state index in [0.717, 1.165) is 11.3 Å². The van der Waals surface area contributed by atoms with Crippen LogP contribution in [-0.4, -0.2) is 51.9 Å². The average molecular weight is 439 g/mol. The predicted octanol–water partition coefficient (Wildman–Crippen LogP) is 2.31. The van der Waals surface area contributed by atoms with Gasteiger partial charge < -0.3 is 5.32 Å². The molecule has 9 nitrogen and oxygen atoms in total. The summed E-state index contributed by atoms with van der Waals surface area (Å²) in [7, 11) is -3.51. The van der Waals surface area contributed by atoms with Crippen molar-refractivity contribution < 1.29 is 13.2 Å². The first-order chi connectivity index (χ1) is 15.0. The fourth-order valence-corrected chi connectivity index (χ4v) is 4.63. The third-order valence-electron chi connectivity index (χ3n) is 5.17. The molecule has 0 bridgehead atoms. The molecule has 0 spiro atoms. The average Bonchev–Trinajstić information content (AvgIpc) is 3.34. The van der Waals surface area contributed by atoms with E-state index in [4.69, 9.17) is 0 Å². The number of hydrogen-bond acceptors (Lipinski definition) is 6. The lowest BCUT2D eigenvalue weighted by atomic mass is 9.97. The van der Waals surface area contributed by atoms with Gasteiger partial charge in [0.15, 0.2) is 0 Å². The van der Waals surface area contributed by atoms with Crippen molar-refractivity contribution in [3.8, 4) is 5.69 Å². The van der Waals surface area contributed by atoms with Gasteiger partial charge in [-0.2, -0.15) is 4.31 Å². The van der Waals surface area contributed by atoms with Crippen molar-refractivity contribution in [1.29, 1.82) is 0 Å². The number of anilines is 1. The van der Waals surface area contributed by atoms with Crippen LogP contribution >= 0.6 is 0 Å². The van der Waals surface area contributed by atoms with Crippen LogP contribution in [0.4, 0.5) is 5.69 Å². The summed E-state index contributed by atoms with van der Waals surface area (Å²) < 4.78 is 28.1. The summed E-state index contributed by atoms with van der Waals surface area (Å²) >= 11 is 0. The maximum absolute atomic E-state index is 12.6. The van der Waals surface area contributed by atoms with Crippen molar-refractivity contribution in [3.63, 3.8) is 0 Å². The largest absolute Gasteiger partial charge is 0.326 e. The molecule has 3 aromatic rings. The lowest BCUT2D eigenvalue weighted by molar-refractivity contribution is -0.120. The molecule has 1 aromatic heterocycles. The summed E-state index contributed by atoms with van der Waals surface area (Å²) in [6.07, 6.45) is 4.04. The van der Waals surface area contributed by atoms with Crippen LogP contribution in [-0.2, 0) is 14.8 Å². The van der Waals surface area contributed by atoms with Crippen LogP contribution in [0.5, 0.6) is 0 Å². The molecule has 160 valence electrons. The van der Waals surface area contributed by atoms with Gasteiger partial charge in [-0.3, -0.25) is 4.79 Å². The topological polar surface area (TPSA) is 110 Å². The number of piperidine rings is 1. The van der Waals surface area contributed by atoms with E-state index in [-0.39, 0.29) is 11.8 Å². The molecule has 1 N–H and O–H groups in total. The summed E-state index contributed by atoms with van der Waals surface area (Å²) in [6.45, 7) is 0.634. The molecule has 0 atom stereocenters. The molecule has 0 radical (unpaired) electrons. The predicted molar refractivity (Wildman–Crippen MR) is 116 cm³/mol. The Balaban J connectivity index is 1.31. The van der Waals surface area contributed by atoms with E-state index in [1.807, 2.05) is 30.3 Å². The summed E-state index contributed by atoms with van der Waals surface area (Å²) in [5.41, 5.74) is 2.28. The van der Waals surface area contributed by atoms with Gasteiger partial charge in [-0.1, -0.05) is 30.3 Å². The highest BCUT2D eigenvalue weighted by Gasteiger charge is 2.30. The van der Waals surface area contributed by atoms with Crippen LogP contribution in [0.15, 0.2) is 66.3 Å². The Hall–Kier alpha value is -3.37. The Morgan fingerprint density at radius 1 is 1.03 bits per heavy atom. The monoisotopic (exact) mass is 438 g/mol. The van der Waals surface area contributed by atoms with Crippen LogP contribution in [0.25, 0.3) is 11.8 Å². The van der Waals surface area contributed by atoms with E-state index in [9.17, 15) is 13.2 Å². The minimum absolute atomic E-state index is 0.105. The van der Waals surface area contributed by atoms with Crippen LogP contribution < -0.4 is 5.32 Å². The zero-order chi connectivity index (χ0) is 21.7. The van der Waals surface area contributed by atoms with Crippen LogP contribution in [0.3, 0.4) is 0 Å². The fourth-order valence-electron chi connectivity index (χ4n) is 3.41. The number of carbonyl (C=O) groups is 1. The van der Waals surface area contributed by atoms with Gasteiger partial charge >= 0.3 is 0 Å². The Kier molecular flexibility index (Phi) is 6.19. The normalized spacial score (nSPS) is 15.9. The molecular formula is C21H22N6O3S. The number of tetrazole rings is 1. The van der Waals surface area contributed by atoms with Gasteiger partial charge in [0.25, 0.3) is 0 Å².